The fourth-order valence-corrected chi connectivity index (χ4v) is 3.70. The maximum absolute atomic E-state index is 12.5. The number of rotatable bonds is 4. The summed E-state index contributed by atoms with van der Waals surface area (Å²) in [6.45, 7) is 2.43. The fourth-order valence-electron chi connectivity index (χ4n) is 3.70. The molecule has 2 saturated carbocycles. The zero-order valence-corrected chi connectivity index (χ0v) is 14.0. The summed E-state index contributed by atoms with van der Waals surface area (Å²) in [5.74, 6) is 2.19. The number of carbonyl (C=O) groups is 1. The Morgan fingerprint density at radius 2 is 2.12 bits per heavy atom. The summed E-state index contributed by atoms with van der Waals surface area (Å²) in [5, 5.41) is 13.2. The second kappa shape index (κ2) is 5.16. The van der Waals surface area contributed by atoms with Crippen LogP contribution in [0.3, 0.4) is 0 Å². The molecule has 24 heavy (non-hydrogen) atoms. The molecule has 0 radical (unpaired) electrons. The van der Waals surface area contributed by atoms with Gasteiger partial charge in [0.1, 0.15) is 12.0 Å². The van der Waals surface area contributed by atoms with Gasteiger partial charge in [0.15, 0.2) is 5.82 Å². The number of aromatic nitrogens is 5. The van der Waals surface area contributed by atoms with Gasteiger partial charge in [-0.05, 0) is 31.6 Å². The van der Waals surface area contributed by atoms with Gasteiger partial charge < -0.3 is 9.47 Å². The van der Waals surface area contributed by atoms with Crippen LogP contribution in [0.4, 0.5) is 0 Å². The van der Waals surface area contributed by atoms with E-state index in [0.29, 0.717) is 12.5 Å². The van der Waals surface area contributed by atoms with Crippen molar-refractivity contribution in [3.63, 3.8) is 0 Å². The monoisotopic (exact) mass is 326 g/mol. The average Bonchev–Trinajstić information content (AvgIpc) is 3.50. The Kier molecular flexibility index (Phi) is 3.05. The van der Waals surface area contributed by atoms with Gasteiger partial charge in [0.2, 0.25) is 5.91 Å². The molecule has 0 saturated heterocycles. The van der Waals surface area contributed by atoms with E-state index in [9.17, 15) is 4.79 Å². The second-order valence-corrected chi connectivity index (χ2v) is 7.43. The Labute approximate surface area is 140 Å². The van der Waals surface area contributed by atoms with Crippen LogP contribution in [0.2, 0.25) is 0 Å². The number of hydrogen-bond donors (Lipinski definition) is 0. The van der Waals surface area contributed by atoms with Crippen LogP contribution in [0.1, 0.15) is 36.9 Å². The minimum Gasteiger partial charge on any atom is -0.338 e. The maximum Gasteiger partial charge on any atom is 0.225 e. The van der Waals surface area contributed by atoms with Crippen molar-refractivity contribution in [3.8, 4) is 11.5 Å². The molecule has 2 aliphatic carbocycles. The fraction of sp³-hybridized carbons (Fsp3) is 0.647. The van der Waals surface area contributed by atoms with Crippen LogP contribution in [0.5, 0.6) is 0 Å². The van der Waals surface area contributed by atoms with Crippen molar-refractivity contribution < 1.29 is 4.79 Å². The van der Waals surface area contributed by atoms with E-state index in [1.807, 2.05) is 23.0 Å². The van der Waals surface area contributed by atoms with Gasteiger partial charge in [-0.3, -0.25) is 9.48 Å². The zero-order valence-electron chi connectivity index (χ0n) is 14.0. The highest BCUT2D eigenvalue weighted by molar-refractivity contribution is 5.81. The average molecular weight is 326 g/mol. The molecule has 0 N–H and O–H groups in total. The van der Waals surface area contributed by atoms with Gasteiger partial charge in [-0.2, -0.15) is 5.10 Å². The van der Waals surface area contributed by atoms with Crippen molar-refractivity contribution in [1.29, 1.82) is 0 Å². The van der Waals surface area contributed by atoms with Gasteiger partial charge in [-0.25, -0.2) is 0 Å². The SMILES string of the molecule is Cn1nc(-c2nncn2CC2CC2)c2c1CCN(C(=O)C1CC1)C2. The summed E-state index contributed by atoms with van der Waals surface area (Å²) in [4.78, 5) is 14.5. The Hall–Kier alpha value is -2.18. The molecule has 1 aliphatic heterocycles. The lowest BCUT2D eigenvalue weighted by molar-refractivity contribution is -0.133. The van der Waals surface area contributed by atoms with E-state index in [1.54, 1.807) is 0 Å². The maximum atomic E-state index is 12.5. The topological polar surface area (TPSA) is 68.8 Å². The molecule has 2 fully saturated rings. The van der Waals surface area contributed by atoms with Crippen LogP contribution in [0.15, 0.2) is 6.33 Å². The minimum absolute atomic E-state index is 0.269. The number of nitrogens with zero attached hydrogens (tertiary/aromatic N) is 6. The van der Waals surface area contributed by atoms with E-state index in [-0.39, 0.29) is 5.92 Å². The molecule has 0 unspecified atom stereocenters. The standard InChI is InChI=1S/C17H22N6O/c1-21-14-6-7-22(17(24)12-4-5-12)9-13(14)15(20-21)16-19-18-10-23(16)8-11-2-3-11/h10-12H,2-9H2,1H3. The molecule has 7 nitrogen and oxygen atoms in total. The lowest BCUT2D eigenvalue weighted by Crippen LogP contribution is -2.37. The van der Waals surface area contributed by atoms with Gasteiger partial charge in [0.25, 0.3) is 0 Å². The Morgan fingerprint density at radius 3 is 2.88 bits per heavy atom. The number of aryl methyl sites for hydroxylation is 1. The molecule has 0 spiro atoms. The van der Waals surface area contributed by atoms with E-state index in [1.165, 1.54) is 18.5 Å². The number of amides is 1. The van der Waals surface area contributed by atoms with Crippen LogP contribution >= 0.6 is 0 Å². The molecule has 2 aromatic heterocycles. The highest BCUT2D eigenvalue weighted by Crippen LogP contribution is 2.36. The summed E-state index contributed by atoms with van der Waals surface area (Å²) in [6.07, 6.45) is 7.37. The zero-order chi connectivity index (χ0) is 16.3. The smallest absolute Gasteiger partial charge is 0.225 e. The Morgan fingerprint density at radius 1 is 1.29 bits per heavy atom. The number of carbonyl (C=O) groups excluding carboxylic acids is 1. The summed E-state index contributed by atoms with van der Waals surface area (Å²) in [7, 11) is 1.99. The Balaban J connectivity index is 1.49. The highest BCUT2D eigenvalue weighted by atomic mass is 16.2. The van der Waals surface area contributed by atoms with Crippen LogP contribution < -0.4 is 0 Å². The number of hydrogen-bond acceptors (Lipinski definition) is 4. The Bertz CT molecular complexity index is 798. The third-order valence-corrected chi connectivity index (χ3v) is 5.46. The van der Waals surface area contributed by atoms with Gasteiger partial charge >= 0.3 is 0 Å². The molecule has 0 atom stereocenters. The molecule has 126 valence electrons. The minimum atomic E-state index is 0.269. The first-order valence-corrected chi connectivity index (χ1v) is 8.92. The first-order valence-electron chi connectivity index (χ1n) is 8.92. The highest BCUT2D eigenvalue weighted by Gasteiger charge is 2.36. The summed E-state index contributed by atoms with van der Waals surface area (Å²) in [6, 6.07) is 0. The molecule has 0 aromatic carbocycles. The van der Waals surface area contributed by atoms with Gasteiger partial charge in [-0.1, -0.05) is 0 Å². The third kappa shape index (κ3) is 2.34. The molecule has 1 amide bonds. The summed E-state index contributed by atoms with van der Waals surface area (Å²) in [5.41, 5.74) is 3.28. The molecular formula is C17H22N6O. The van der Waals surface area contributed by atoms with Crippen molar-refractivity contribution >= 4 is 5.91 Å². The van der Waals surface area contributed by atoms with E-state index in [2.05, 4.69) is 14.8 Å². The van der Waals surface area contributed by atoms with Gasteiger partial charge in [0, 0.05) is 50.3 Å². The lowest BCUT2D eigenvalue weighted by Gasteiger charge is -2.27. The van der Waals surface area contributed by atoms with Crippen LogP contribution in [-0.2, 0) is 31.4 Å². The van der Waals surface area contributed by atoms with Gasteiger partial charge in [-0.15, -0.1) is 10.2 Å². The number of fused-ring (bicyclic) bond motifs is 1. The molecule has 3 aliphatic rings. The van der Waals surface area contributed by atoms with Gasteiger partial charge in [0.05, 0.1) is 0 Å². The predicted octanol–water partition coefficient (Wildman–Crippen LogP) is 1.38. The van der Waals surface area contributed by atoms with E-state index in [4.69, 9.17) is 5.10 Å². The molecule has 3 heterocycles. The second-order valence-electron chi connectivity index (χ2n) is 7.43. The molecular weight excluding hydrogens is 304 g/mol. The summed E-state index contributed by atoms with van der Waals surface area (Å²) < 4.78 is 4.09. The largest absolute Gasteiger partial charge is 0.338 e. The van der Waals surface area contributed by atoms with Crippen LogP contribution in [0.25, 0.3) is 11.5 Å². The van der Waals surface area contributed by atoms with Crippen molar-refractivity contribution in [1.82, 2.24) is 29.4 Å². The van der Waals surface area contributed by atoms with Crippen molar-refractivity contribution in [2.24, 2.45) is 18.9 Å². The van der Waals surface area contributed by atoms with Crippen LogP contribution in [0, 0.1) is 11.8 Å². The van der Waals surface area contributed by atoms with E-state index >= 15 is 0 Å². The third-order valence-electron chi connectivity index (χ3n) is 5.46. The normalized spacial score (nSPS) is 20.3. The van der Waals surface area contributed by atoms with E-state index in [0.717, 1.165) is 55.4 Å². The quantitative estimate of drug-likeness (QED) is 0.851. The first kappa shape index (κ1) is 14.2. The van der Waals surface area contributed by atoms with Crippen LogP contribution in [-0.4, -0.2) is 41.9 Å². The van der Waals surface area contributed by atoms with E-state index < -0.39 is 0 Å². The molecule has 5 rings (SSSR count). The molecule has 0 bridgehead atoms. The molecule has 7 heteroatoms. The molecule has 2 aromatic rings. The first-order chi connectivity index (χ1) is 11.7. The van der Waals surface area contributed by atoms with Crippen molar-refractivity contribution in [3.05, 3.63) is 17.6 Å². The summed E-state index contributed by atoms with van der Waals surface area (Å²) >= 11 is 0. The predicted molar refractivity (Wildman–Crippen MR) is 86.8 cm³/mol. The lowest BCUT2D eigenvalue weighted by atomic mass is 10.0. The van der Waals surface area contributed by atoms with Crippen molar-refractivity contribution in [2.45, 2.75) is 45.2 Å². The van der Waals surface area contributed by atoms with Crippen molar-refractivity contribution in [2.75, 3.05) is 6.54 Å².